The van der Waals surface area contributed by atoms with E-state index >= 15 is 0 Å². The van der Waals surface area contributed by atoms with Crippen molar-refractivity contribution in [3.63, 3.8) is 0 Å². The molecule has 4 heteroatoms. The minimum absolute atomic E-state index is 0.136. The molecule has 0 saturated carbocycles. The zero-order valence-electron chi connectivity index (χ0n) is 11.8. The zero-order chi connectivity index (χ0) is 13.9. The van der Waals surface area contributed by atoms with Crippen LogP contribution in [0, 0.1) is 5.92 Å². The quantitative estimate of drug-likeness (QED) is 0.539. The summed E-state index contributed by atoms with van der Waals surface area (Å²) in [5, 5.41) is 6.21. The van der Waals surface area contributed by atoms with Crippen molar-refractivity contribution in [1.82, 2.24) is 10.6 Å². The molecule has 0 unspecified atom stereocenters. The van der Waals surface area contributed by atoms with E-state index in [9.17, 15) is 4.79 Å². The van der Waals surface area contributed by atoms with Crippen LogP contribution in [0.25, 0.3) is 0 Å². The molecule has 0 saturated heterocycles. The smallest absolute Gasteiger partial charge is 0.221 e. The van der Waals surface area contributed by atoms with E-state index in [0.717, 1.165) is 25.4 Å². The Morgan fingerprint density at radius 1 is 1.21 bits per heavy atom. The number of rotatable bonds is 9. The van der Waals surface area contributed by atoms with E-state index < -0.39 is 0 Å². The summed E-state index contributed by atoms with van der Waals surface area (Å²) >= 11 is 1.83. The van der Waals surface area contributed by atoms with Crippen molar-refractivity contribution in [3.05, 3.63) is 30.3 Å². The minimum Gasteiger partial charge on any atom is -0.356 e. The van der Waals surface area contributed by atoms with Crippen LogP contribution in [0.1, 0.15) is 20.3 Å². The van der Waals surface area contributed by atoms with Crippen LogP contribution in [0.2, 0.25) is 0 Å². The van der Waals surface area contributed by atoms with Crippen molar-refractivity contribution in [2.24, 2.45) is 5.92 Å². The molecule has 3 nitrogen and oxygen atoms in total. The Labute approximate surface area is 120 Å². The Hall–Kier alpha value is -1.00. The summed E-state index contributed by atoms with van der Waals surface area (Å²) in [4.78, 5) is 12.7. The van der Waals surface area contributed by atoms with Crippen molar-refractivity contribution in [3.8, 4) is 0 Å². The normalized spacial score (nSPS) is 10.7. The molecule has 0 heterocycles. The molecule has 19 heavy (non-hydrogen) atoms. The maximum atomic E-state index is 11.4. The molecule has 0 atom stereocenters. The molecule has 0 fully saturated rings. The van der Waals surface area contributed by atoms with Gasteiger partial charge in [0.2, 0.25) is 5.91 Å². The van der Waals surface area contributed by atoms with E-state index in [2.05, 4.69) is 48.7 Å². The highest BCUT2D eigenvalue weighted by Gasteiger charge is 2.01. The van der Waals surface area contributed by atoms with E-state index in [1.165, 1.54) is 4.90 Å². The number of benzene rings is 1. The third kappa shape index (κ3) is 8.67. The van der Waals surface area contributed by atoms with Gasteiger partial charge in [0, 0.05) is 36.7 Å². The first kappa shape index (κ1) is 16.1. The van der Waals surface area contributed by atoms with Crippen molar-refractivity contribution >= 4 is 17.7 Å². The molecule has 0 aliphatic carbocycles. The summed E-state index contributed by atoms with van der Waals surface area (Å²) in [6.07, 6.45) is 0.558. The van der Waals surface area contributed by atoms with E-state index in [1.54, 1.807) is 0 Å². The molecular formula is C15H24N2OS. The Balaban J connectivity index is 1.95. The number of thioether (sulfide) groups is 1. The molecule has 106 valence electrons. The first-order valence-electron chi connectivity index (χ1n) is 6.83. The summed E-state index contributed by atoms with van der Waals surface area (Å²) in [5.74, 6) is 1.67. The molecule has 2 N–H and O–H groups in total. The summed E-state index contributed by atoms with van der Waals surface area (Å²) < 4.78 is 0. The van der Waals surface area contributed by atoms with Gasteiger partial charge in [0.15, 0.2) is 0 Å². The molecule has 0 aliphatic rings. The van der Waals surface area contributed by atoms with Crippen LogP contribution >= 0.6 is 11.8 Å². The second-order valence-corrected chi connectivity index (χ2v) is 6.03. The fourth-order valence-electron chi connectivity index (χ4n) is 1.49. The molecular weight excluding hydrogens is 256 g/mol. The third-order valence-electron chi connectivity index (χ3n) is 2.53. The van der Waals surface area contributed by atoms with Gasteiger partial charge in [0.1, 0.15) is 0 Å². The molecule has 0 aromatic heterocycles. The Morgan fingerprint density at radius 2 is 1.95 bits per heavy atom. The topological polar surface area (TPSA) is 41.1 Å². The standard InChI is InChI=1S/C15H24N2OS/c1-13(2)12-17-15(18)8-9-16-10-11-19-14-6-4-3-5-7-14/h3-7,13,16H,8-12H2,1-2H3,(H,17,18). The van der Waals surface area contributed by atoms with Gasteiger partial charge in [-0.05, 0) is 18.1 Å². The fraction of sp³-hybridized carbons (Fsp3) is 0.533. The van der Waals surface area contributed by atoms with Crippen LogP contribution in [-0.4, -0.2) is 31.3 Å². The van der Waals surface area contributed by atoms with E-state index in [0.29, 0.717) is 12.3 Å². The number of hydrogen-bond donors (Lipinski definition) is 2. The maximum Gasteiger partial charge on any atom is 0.221 e. The molecule has 1 amide bonds. The van der Waals surface area contributed by atoms with Gasteiger partial charge in [-0.25, -0.2) is 0 Å². The maximum absolute atomic E-state index is 11.4. The fourth-order valence-corrected chi connectivity index (χ4v) is 2.32. The highest BCUT2D eigenvalue weighted by atomic mass is 32.2. The summed E-state index contributed by atoms with van der Waals surface area (Å²) in [5.41, 5.74) is 0. The third-order valence-corrected chi connectivity index (χ3v) is 3.54. The molecule has 0 bridgehead atoms. The molecule has 1 aromatic carbocycles. The Kier molecular flexibility index (Phi) is 8.34. The molecule has 1 aromatic rings. The predicted octanol–water partition coefficient (Wildman–Crippen LogP) is 2.53. The summed E-state index contributed by atoms with van der Waals surface area (Å²) in [6, 6.07) is 10.4. The average Bonchev–Trinajstić information content (AvgIpc) is 2.41. The molecule has 0 spiro atoms. The number of amides is 1. The SMILES string of the molecule is CC(C)CNC(=O)CCNCCSc1ccccc1. The zero-order valence-corrected chi connectivity index (χ0v) is 12.6. The Morgan fingerprint density at radius 3 is 2.63 bits per heavy atom. The lowest BCUT2D eigenvalue weighted by Crippen LogP contribution is -2.30. The van der Waals surface area contributed by atoms with Crippen molar-refractivity contribution in [2.75, 3.05) is 25.4 Å². The van der Waals surface area contributed by atoms with Gasteiger partial charge in [-0.1, -0.05) is 32.0 Å². The first-order valence-corrected chi connectivity index (χ1v) is 7.82. The monoisotopic (exact) mass is 280 g/mol. The highest BCUT2D eigenvalue weighted by molar-refractivity contribution is 7.99. The van der Waals surface area contributed by atoms with Crippen LogP contribution in [0.4, 0.5) is 0 Å². The van der Waals surface area contributed by atoms with E-state index in [1.807, 2.05) is 17.8 Å². The summed E-state index contributed by atoms with van der Waals surface area (Å²) in [7, 11) is 0. The van der Waals surface area contributed by atoms with E-state index in [-0.39, 0.29) is 5.91 Å². The summed E-state index contributed by atoms with van der Waals surface area (Å²) in [6.45, 7) is 6.64. The van der Waals surface area contributed by atoms with Crippen LogP contribution in [0.15, 0.2) is 35.2 Å². The lowest BCUT2D eigenvalue weighted by Gasteiger charge is -2.08. The highest BCUT2D eigenvalue weighted by Crippen LogP contribution is 2.15. The largest absolute Gasteiger partial charge is 0.356 e. The number of nitrogens with one attached hydrogen (secondary N) is 2. The molecule has 0 aliphatic heterocycles. The van der Waals surface area contributed by atoms with Gasteiger partial charge in [-0.15, -0.1) is 11.8 Å². The van der Waals surface area contributed by atoms with Gasteiger partial charge in [-0.2, -0.15) is 0 Å². The average molecular weight is 280 g/mol. The van der Waals surface area contributed by atoms with Crippen LogP contribution in [0.5, 0.6) is 0 Å². The first-order chi connectivity index (χ1) is 9.18. The van der Waals surface area contributed by atoms with Crippen LogP contribution in [-0.2, 0) is 4.79 Å². The van der Waals surface area contributed by atoms with Crippen molar-refractivity contribution < 1.29 is 4.79 Å². The van der Waals surface area contributed by atoms with Gasteiger partial charge >= 0.3 is 0 Å². The lowest BCUT2D eigenvalue weighted by atomic mass is 10.2. The molecule has 1 rings (SSSR count). The lowest BCUT2D eigenvalue weighted by molar-refractivity contribution is -0.121. The van der Waals surface area contributed by atoms with E-state index in [4.69, 9.17) is 0 Å². The van der Waals surface area contributed by atoms with Crippen molar-refractivity contribution in [2.45, 2.75) is 25.2 Å². The second kappa shape index (κ2) is 9.87. The van der Waals surface area contributed by atoms with Gasteiger partial charge in [0.05, 0.1) is 0 Å². The Bertz CT molecular complexity index is 354. The number of hydrogen-bond acceptors (Lipinski definition) is 3. The van der Waals surface area contributed by atoms with Crippen LogP contribution in [0.3, 0.4) is 0 Å². The van der Waals surface area contributed by atoms with Gasteiger partial charge in [0.25, 0.3) is 0 Å². The minimum atomic E-state index is 0.136. The second-order valence-electron chi connectivity index (χ2n) is 4.86. The van der Waals surface area contributed by atoms with Gasteiger partial charge < -0.3 is 10.6 Å². The number of carbonyl (C=O) groups is 1. The predicted molar refractivity (Wildman–Crippen MR) is 82.5 cm³/mol. The number of carbonyl (C=O) groups excluding carboxylic acids is 1. The molecule has 0 radical (unpaired) electrons. The van der Waals surface area contributed by atoms with Crippen LogP contribution < -0.4 is 10.6 Å². The van der Waals surface area contributed by atoms with Gasteiger partial charge in [-0.3, -0.25) is 4.79 Å². The van der Waals surface area contributed by atoms with Crippen molar-refractivity contribution in [1.29, 1.82) is 0 Å².